The van der Waals surface area contributed by atoms with Gasteiger partial charge in [-0.15, -0.1) is 6.42 Å². The van der Waals surface area contributed by atoms with Gasteiger partial charge in [0.05, 0.1) is 77.0 Å². The maximum absolute atomic E-state index is 12.6. The van der Waals surface area contributed by atoms with Crippen molar-refractivity contribution in [3.63, 3.8) is 0 Å². The number of ether oxygens (including phenoxy) is 5. The maximum Gasteiger partial charge on any atom is 0.226 e. The highest BCUT2D eigenvalue weighted by atomic mass is 35.5. The lowest BCUT2D eigenvalue weighted by molar-refractivity contribution is -0.133. The molecule has 0 bridgehead atoms. The van der Waals surface area contributed by atoms with Crippen molar-refractivity contribution in [3.8, 4) is 12.3 Å². The van der Waals surface area contributed by atoms with Crippen LogP contribution in [0.4, 0.5) is 5.82 Å². The van der Waals surface area contributed by atoms with Gasteiger partial charge in [0.15, 0.2) is 11.9 Å². The van der Waals surface area contributed by atoms with E-state index in [2.05, 4.69) is 26.3 Å². The Kier molecular flexibility index (Phi) is 13.0. The van der Waals surface area contributed by atoms with Crippen molar-refractivity contribution in [2.45, 2.75) is 50.2 Å². The molecule has 1 amide bonds. The van der Waals surface area contributed by atoms with Crippen molar-refractivity contribution < 1.29 is 38.7 Å². The molecule has 3 atom stereocenters. The molecule has 0 unspecified atom stereocenters. The Morgan fingerprint density at radius 2 is 1.76 bits per heavy atom. The van der Waals surface area contributed by atoms with Crippen LogP contribution in [0.2, 0.25) is 5.28 Å². The first-order chi connectivity index (χ1) is 20.5. The first-order valence-electron chi connectivity index (χ1n) is 14.1. The summed E-state index contributed by atoms with van der Waals surface area (Å²) in [5.74, 6) is 2.98. The number of anilines is 1. The Balaban J connectivity index is 1.13. The molecule has 14 nitrogen and oxygen atoms in total. The Bertz CT molecular complexity index is 1170. The number of hydrogen-bond acceptors (Lipinski definition) is 12. The maximum atomic E-state index is 12.6. The number of aromatic nitrogens is 4. The van der Waals surface area contributed by atoms with Crippen LogP contribution in [0, 0.1) is 12.3 Å². The average molecular weight is 611 g/mol. The summed E-state index contributed by atoms with van der Waals surface area (Å²) >= 11 is 6.23. The number of nitrogens with zero attached hydrogens (tertiary/aromatic N) is 5. The highest BCUT2D eigenvalue weighted by Crippen LogP contribution is 2.32. The van der Waals surface area contributed by atoms with Gasteiger partial charge in [0.1, 0.15) is 18.5 Å². The number of amides is 1. The van der Waals surface area contributed by atoms with Crippen molar-refractivity contribution in [1.29, 1.82) is 0 Å². The molecule has 0 aliphatic carbocycles. The van der Waals surface area contributed by atoms with Crippen molar-refractivity contribution in [1.82, 2.24) is 24.6 Å². The van der Waals surface area contributed by atoms with E-state index in [0.717, 1.165) is 12.8 Å². The van der Waals surface area contributed by atoms with Crippen LogP contribution in [0.15, 0.2) is 6.20 Å². The molecule has 2 aliphatic heterocycles. The zero-order valence-electron chi connectivity index (χ0n) is 23.5. The predicted octanol–water partition coefficient (Wildman–Crippen LogP) is 0.613. The van der Waals surface area contributed by atoms with E-state index >= 15 is 0 Å². The first kappa shape index (κ1) is 32.3. The van der Waals surface area contributed by atoms with Gasteiger partial charge in [-0.25, -0.2) is 4.68 Å². The number of halogens is 1. The number of terminal acetylenes is 1. The summed E-state index contributed by atoms with van der Waals surface area (Å²) in [5.41, 5.74) is 0.425. The molecule has 232 valence electrons. The third kappa shape index (κ3) is 9.19. The van der Waals surface area contributed by atoms with E-state index in [-0.39, 0.29) is 30.4 Å². The largest absolute Gasteiger partial charge is 0.394 e. The predicted molar refractivity (Wildman–Crippen MR) is 152 cm³/mol. The lowest BCUT2D eigenvalue weighted by atomic mass is 10.0. The Labute approximate surface area is 249 Å². The van der Waals surface area contributed by atoms with Crippen molar-refractivity contribution >= 4 is 34.4 Å². The quantitative estimate of drug-likeness (QED) is 0.130. The minimum absolute atomic E-state index is 0.0337. The summed E-state index contributed by atoms with van der Waals surface area (Å²) in [6.45, 7) is 4.33. The lowest BCUT2D eigenvalue weighted by Gasteiger charge is -2.32. The van der Waals surface area contributed by atoms with Crippen LogP contribution in [0.25, 0.3) is 11.0 Å². The molecule has 2 aromatic heterocycles. The van der Waals surface area contributed by atoms with Crippen LogP contribution >= 0.6 is 11.6 Å². The highest BCUT2D eigenvalue weighted by molar-refractivity contribution is 6.28. The van der Waals surface area contributed by atoms with Crippen LogP contribution in [-0.4, -0.2) is 132 Å². The third-order valence-electron chi connectivity index (χ3n) is 6.99. The number of rotatable bonds is 17. The van der Waals surface area contributed by atoms with Gasteiger partial charge in [-0.3, -0.25) is 4.79 Å². The van der Waals surface area contributed by atoms with Crippen molar-refractivity contribution in [2.75, 3.05) is 77.9 Å². The molecular formula is C27H39ClN6O8. The van der Waals surface area contributed by atoms with Crippen LogP contribution in [0.5, 0.6) is 0 Å². The summed E-state index contributed by atoms with van der Waals surface area (Å²) in [4.78, 5) is 23.2. The Hall–Kier alpha value is -2.61. The number of hydrogen-bond donors (Lipinski definition) is 3. The second-order valence-corrected chi connectivity index (χ2v) is 10.3. The van der Waals surface area contributed by atoms with E-state index in [1.165, 1.54) is 4.68 Å². The molecule has 2 aliphatic rings. The fourth-order valence-electron chi connectivity index (χ4n) is 4.84. The number of likely N-dealkylation sites (tertiary alicyclic amines) is 1. The normalized spacial score (nSPS) is 21.2. The van der Waals surface area contributed by atoms with Gasteiger partial charge in [-0.05, 0) is 24.4 Å². The zero-order valence-corrected chi connectivity index (χ0v) is 24.3. The highest BCUT2D eigenvalue weighted by Gasteiger charge is 2.37. The molecule has 0 aromatic carbocycles. The summed E-state index contributed by atoms with van der Waals surface area (Å²) in [6, 6.07) is 0.0755. The van der Waals surface area contributed by atoms with Gasteiger partial charge >= 0.3 is 0 Å². The number of nitrogens with one attached hydrogen (secondary N) is 1. The Morgan fingerprint density at radius 1 is 1.10 bits per heavy atom. The molecule has 42 heavy (non-hydrogen) atoms. The third-order valence-corrected chi connectivity index (χ3v) is 7.16. The lowest BCUT2D eigenvalue weighted by Crippen LogP contribution is -2.42. The zero-order chi connectivity index (χ0) is 29.7. The monoisotopic (exact) mass is 610 g/mol. The molecule has 2 aromatic rings. The topological polar surface area (TPSA) is 163 Å². The standard InChI is InChI=1S/C27H39ClN6O8/c1-2-8-38-10-12-40-14-15-41-13-11-39-9-5-23(37)33-6-3-19(4-7-33)30-24-21-17-29-34(25(21)32-27(28)31-24)26-22(36)16-20(18-35)42-26/h1,17,19-20,22,26,35-36H,3-16,18H2,(H,30,31,32)/t20-,22+,26+/m0/s1. The number of aliphatic hydroxyl groups excluding tert-OH is 2. The number of aliphatic hydroxyl groups is 2. The van der Waals surface area contributed by atoms with Gasteiger partial charge < -0.3 is 44.1 Å². The SMILES string of the molecule is C#CCOCCOCCOCCOCCC(=O)N1CCC(Nc2nc(Cl)nc3c2cnn3[C@@H]2O[C@H](CO)C[C@H]2O)CC1. The summed E-state index contributed by atoms with van der Waals surface area (Å²) in [6.07, 6.45) is 6.69. The molecule has 3 N–H and O–H groups in total. The molecule has 15 heteroatoms. The van der Waals surface area contributed by atoms with E-state index in [1.54, 1.807) is 6.20 Å². The van der Waals surface area contributed by atoms with Crippen molar-refractivity contribution in [3.05, 3.63) is 11.5 Å². The van der Waals surface area contributed by atoms with Gasteiger partial charge in [-0.1, -0.05) is 5.92 Å². The summed E-state index contributed by atoms with van der Waals surface area (Å²) in [7, 11) is 0. The fraction of sp³-hybridized carbons (Fsp3) is 0.704. The van der Waals surface area contributed by atoms with Crippen molar-refractivity contribution in [2.24, 2.45) is 0 Å². The van der Waals surface area contributed by atoms with E-state index in [9.17, 15) is 15.0 Å². The molecule has 2 saturated heterocycles. The van der Waals surface area contributed by atoms with E-state index < -0.39 is 18.4 Å². The summed E-state index contributed by atoms with van der Waals surface area (Å²) in [5, 5.41) is 28.3. The summed E-state index contributed by atoms with van der Waals surface area (Å²) < 4.78 is 28.6. The first-order valence-corrected chi connectivity index (χ1v) is 14.5. The molecule has 0 radical (unpaired) electrons. The van der Waals surface area contributed by atoms with Crippen LogP contribution in [0.3, 0.4) is 0 Å². The van der Waals surface area contributed by atoms with Gasteiger partial charge in [-0.2, -0.15) is 15.1 Å². The number of carbonyl (C=O) groups is 1. The fourth-order valence-corrected chi connectivity index (χ4v) is 5.00. The molecule has 4 rings (SSSR count). The second kappa shape index (κ2) is 16.9. The van der Waals surface area contributed by atoms with E-state index in [1.807, 2.05) is 4.90 Å². The second-order valence-electron chi connectivity index (χ2n) is 9.95. The van der Waals surface area contributed by atoms with Gasteiger partial charge in [0.25, 0.3) is 0 Å². The van der Waals surface area contributed by atoms with E-state index in [0.29, 0.717) is 89.0 Å². The molecule has 2 fully saturated rings. The number of piperidine rings is 1. The van der Waals surface area contributed by atoms with Crippen LogP contribution < -0.4 is 5.32 Å². The minimum Gasteiger partial charge on any atom is -0.394 e. The molecule has 0 saturated carbocycles. The number of carbonyl (C=O) groups excluding carboxylic acids is 1. The molecule has 0 spiro atoms. The number of fused-ring (bicyclic) bond motifs is 1. The van der Waals surface area contributed by atoms with Gasteiger partial charge in [0.2, 0.25) is 11.2 Å². The van der Waals surface area contributed by atoms with Crippen LogP contribution in [-0.2, 0) is 28.5 Å². The smallest absolute Gasteiger partial charge is 0.226 e. The molecule has 4 heterocycles. The Morgan fingerprint density at radius 3 is 2.40 bits per heavy atom. The minimum atomic E-state index is -0.836. The van der Waals surface area contributed by atoms with E-state index in [4.69, 9.17) is 41.7 Å². The molecular weight excluding hydrogens is 572 g/mol. The van der Waals surface area contributed by atoms with Gasteiger partial charge in [0, 0.05) is 25.6 Å². The average Bonchev–Trinajstić information content (AvgIpc) is 3.58. The van der Waals surface area contributed by atoms with Crippen LogP contribution in [0.1, 0.15) is 31.9 Å².